The number of nitrogens with zero attached hydrogens (tertiary/aromatic N) is 1. The third kappa shape index (κ3) is 3.50. The number of ether oxygens (including phenoxy) is 1. The van der Waals surface area contributed by atoms with Crippen molar-refractivity contribution in [2.75, 3.05) is 31.5 Å². The van der Waals surface area contributed by atoms with Crippen LogP contribution in [-0.4, -0.2) is 37.2 Å². The van der Waals surface area contributed by atoms with Crippen LogP contribution in [0, 0.1) is 0 Å². The Labute approximate surface area is 138 Å². The van der Waals surface area contributed by atoms with E-state index in [4.69, 9.17) is 4.74 Å². The van der Waals surface area contributed by atoms with Crippen molar-refractivity contribution < 1.29 is 4.74 Å². The maximum absolute atomic E-state index is 6.10. The highest BCUT2D eigenvalue weighted by atomic mass is 16.5. The van der Waals surface area contributed by atoms with E-state index in [1.165, 1.54) is 36.2 Å². The first kappa shape index (κ1) is 14.6. The number of nitrogens with one attached hydrogen (secondary N) is 1. The summed E-state index contributed by atoms with van der Waals surface area (Å²) in [5, 5.41) is 3.39. The number of aryl methyl sites for hydroxylation is 1. The molecule has 0 saturated carbocycles. The number of hydrogen-bond acceptors (Lipinski definition) is 3. The van der Waals surface area contributed by atoms with Crippen LogP contribution in [-0.2, 0) is 12.8 Å². The van der Waals surface area contributed by atoms with E-state index >= 15 is 0 Å². The van der Waals surface area contributed by atoms with Crippen LogP contribution in [0.25, 0.3) is 0 Å². The Morgan fingerprint density at radius 2 is 1.96 bits per heavy atom. The Kier molecular flexibility index (Phi) is 4.20. The summed E-state index contributed by atoms with van der Waals surface area (Å²) in [7, 11) is 0. The van der Waals surface area contributed by atoms with Crippen molar-refractivity contribution in [3.8, 4) is 5.75 Å². The molecule has 4 rings (SSSR count). The lowest BCUT2D eigenvalue weighted by Gasteiger charge is -2.39. The molecule has 0 spiro atoms. The zero-order chi connectivity index (χ0) is 15.5. The largest absolute Gasteiger partial charge is 0.488 e. The molecule has 2 aliphatic rings. The summed E-state index contributed by atoms with van der Waals surface area (Å²) in [6.45, 7) is 4.34. The lowest BCUT2D eigenvalue weighted by molar-refractivity contribution is 0.0195. The quantitative estimate of drug-likeness (QED) is 0.885. The Morgan fingerprint density at radius 1 is 1.09 bits per heavy atom. The molecule has 2 aromatic rings. The molecule has 1 N–H and O–H groups in total. The van der Waals surface area contributed by atoms with Crippen LogP contribution >= 0.6 is 0 Å². The highest BCUT2D eigenvalue weighted by Gasteiger charge is 2.28. The van der Waals surface area contributed by atoms with E-state index in [0.717, 1.165) is 31.8 Å². The summed E-state index contributed by atoms with van der Waals surface area (Å²) < 4.78 is 6.10. The van der Waals surface area contributed by atoms with Crippen LogP contribution in [0.1, 0.15) is 17.5 Å². The molecule has 3 nitrogen and oxygen atoms in total. The second-order valence-electron chi connectivity index (χ2n) is 6.58. The second-order valence-corrected chi connectivity index (χ2v) is 6.58. The van der Waals surface area contributed by atoms with E-state index in [9.17, 15) is 0 Å². The molecule has 2 heterocycles. The summed E-state index contributed by atoms with van der Waals surface area (Å²) in [5.74, 6) is 1.03. The van der Waals surface area contributed by atoms with Gasteiger partial charge in [0.25, 0.3) is 0 Å². The van der Waals surface area contributed by atoms with E-state index in [1.807, 2.05) is 0 Å². The first-order valence-electron chi connectivity index (χ1n) is 8.66. The van der Waals surface area contributed by atoms with Gasteiger partial charge < -0.3 is 10.1 Å². The average molecular weight is 308 g/mol. The van der Waals surface area contributed by atoms with Gasteiger partial charge in [-0.15, -0.1) is 0 Å². The number of likely N-dealkylation sites (tertiary alicyclic amines) is 1. The molecule has 2 aliphatic heterocycles. The SMILES string of the molecule is c1ccc(CCCN2CC(Oc3ccc4c(c3)CCN4)C2)cc1. The fraction of sp³-hybridized carbons (Fsp3) is 0.400. The lowest BCUT2D eigenvalue weighted by atomic mass is 10.1. The van der Waals surface area contributed by atoms with Gasteiger partial charge in [-0.3, -0.25) is 4.90 Å². The normalized spacial score (nSPS) is 17.4. The van der Waals surface area contributed by atoms with Gasteiger partial charge in [-0.05, 0) is 55.1 Å². The first-order chi connectivity index (χ1) is 11.4. The van der Waals surface area contributed by atoms with Crippen LogP contribution < -0.4 is 10.1 Å². The van der Waals surface area contributed by atoms with Gasteiger partial charge in [0.05, 0.1) is 0 Å². The second kappa shape index (κ2) is 6.63. The van der Waals surface area contributed by atoms with Gasteiger partial charge in [-0.1, -0.05) is 30.3 Å². The maximum atomic E-state index is 6.10. The Balaban J connectivity index is 1.18. The van der Waals surface area contributed by atoms with E-state index in [-0.39, 0.29) is 0 Å². The zero-order valence-electron chi connectivity index (χ0n) is 13.5. The van der Waals surface area contributed by atoms with E-state index < -0.39 is 0 Å². The fourth-order valence-corrected chi connectivity index (χ4v) is 3.48. The molecule has 0 aliphatic carbocycles. The first-order valence-corrected chi connectivity index (χ1v) is 8.66. The summed E-state index contributed by atoms with van der Waals surface area (Å²) in [5.41, 5.74) is 4.10. The molecule has 0 unspecified atom stereocenters. The van der Waals surface area contributed by atoms with Crippen molar-refractivity contribution in [2.45, 2.75) is 25.4 Å². The maximum Gasteiger partial charge on any atom is 0.124 e. The highest BCUT2D eigenvalue weighted by molar-refractivity contribution is 5.57. The fourth-order valence-electron chi connectivity index (χ4n) is 3.48. The molecule has 120 valence electrons. The van der Waals surface area contributed by atoms with Crippen molar-refractivity contribution in [1.29, 1.82) is 0 Å². The predicted molar refractivity (Wildman–Crippen MR) is 94.3 cm³/mol. The minimum Gasteiger partial charge on any atom is -0.488 e. The molecule has 0 radical (unpaired) electrons. The molecule has 2 aromatic carbocycles. The Hall–Kier alpha value is -2.00. The topological polar surface area (TPSA) is 24.5 Å². The van der Waals surface area contributed by atoms with E-state index in [2.05, 4.69) is 58.7 Å². The van der Waals surface area contributed by atoms with Gasteiger partial charge in [0.2, 0.25) is 0 Å². The van der Waals surface area contributed by atoms with Gasteiger partial charge in [0.15, 0.2) is 0 Å². The third-order valence-electron chi connectivity index (χ3n) is 4.80. The van der Waals surface area contributed by atoms with Gasteiger partial charge in [-0.25, -0.2) is 0 Å². The molecule has 0 bridgehead atoms. The molecule has 23 heavy (non-hydrogen) atoms. The van der Waals surface area contributed by atoms with Gasteiger partial charge in [0, 0.05) is 25.3 Å². The van der Waals surface area contributed by atoms with Gasteiger partial charge >= 0.3 is 0 Å². The summed E-state index contributed by atoms with van der Waals surface area (Å²) in [6, 6.07) is 17.2. The summed E-state index contributed by atoms with van der Waals surface area (Å²) in [6.07, 6.45) is 3.87. The van der Waals surface area contributed by atoms with Crippen molar-refractivity contribution in [3.63, 3.8) is 0 Å². The Morgan fingerprint density at radius 3 is 2.83 bits per heavy atom. The molecule has 3 heteroatoms. The predicted octanol–water partition coefficient (Wildman–Crippen LogP) is 3.35. The molecule has 1 fully saturated rings. The number of anilines is 1. The number of fused-ring (bicyclic) bond motifs is 1. The standard InChI is InChI=1S/C20H24N2O/c1-2-5-16(6-3-1)7-4-12-22-14-19(15-22)23-18-8-9-20-17(13-18)10-11-21-20/h1-3,5-6,8-9,13,19,21H,4,7,10-12,14-15H2. The molecular weight excluding hydrogens is 284 g/mol. The van der Waals surface area contributed by atoms with Crippen LogP contribution in [0.4, 0.5) is 5.69 Å². The Bertz CT molecular complexity index is 650. The van der Waals surface area contributed by atoms with Gasteiger partial charge in [0.1, 0.15) is 11.9 Å². The third-order valence-corrected chi connectivity index (χ3v) is 4.80. The lowest BCUT2D eigenvalue weighted by Crippen LogP contribution is -2.53. The van der Waals surface area contributed by atoms with Crippen LogP contribution in [0.3, 0.4) is 0 Å². The van der Waals surface area contributed by atoms with Gasteiger partial charge in [-0.2, -0.15) is 0 Å². The highest BCUT2D eigenvalue weighted by Crippen LogP contribution is 2.28. The van der Waals surface area contributed by atoms with E-state index in [1.54, 1.807) is 0 Å². The van der Waals surface area contributed by atoms with Crippen LogP contribution in [0.2, 0.25) is 0 Å². The van der Waals surface area contributed by atoms with Crippen LogP contribution in [0.5, 0.6) is 5.75 Å². The molecule has 1 saturated heterocycles. The molecular formula is C20H24N2O. The smallest absolute Gasteiger partial charge is 0.124 e. The minimum atomic E-state index is 0.360. The average Bonchev–Trinajstić information content (AvgIpc) is 3.01. The number of rotatable bonds is 6. The van der Waals surface area contributed by atoms with Crippen molar-refractivity contribution in [1.82, 2.24) is 4.90 Å². The molecule has 0 aromatic heterocycles. The summed E-state index contributed by atoms with van der Waals surface area (Å²) >= 11 is 0. The van der Waals surface area contributed by atoms with E-state index in [0.29, 0.717) is 6.10 Å². The van der Waals surface area contributed by atoms with Crippen molar-refractivity contribution >= 4 is 5.69 Å². The van der Waals surface area contributed by atoms with Crippen LogP contribution in [0.15, 0.2) is 48.5 Å². The number of hydrogen-bond donors (Lipinski definition) is 1. The van der Waals surface area contributed by atoms with Crippen molar-refractivity contribution in [2.24, 2.45) is 0 Å². The zero-order valence-corrected chi connectivity index (χ0v) is 13.5. The molecule has 0 amide bonds. The minimum absolute atomic E-state index is 0.360. The number of benzene rings is 2. The monoisotopic (exact) mass is 308 g/mol. The molecule has 0 atom stereocenters. The summed E-state index contributed by atoms with van der Waals surface area (Å²) in [4.78, 5) is 2.49. The van der Waals surface area contributed by atoms with Crippen molar-refractivity contribution in [3.05, 3.63) is 59.7 Å².